The minimum atomic E-state index is -0.855. The molecule has 8 atom stereocenters. The third-order valence-corrected chi connectivity index (χ3v) is 11.4. The largest absolute Gasteiger partial charge is 0.458 e. The zero-order chi connectivity index (χ0) is 22.7. The Morgan fingerprint density at radius 1 is 1.16 bits per heavy atom. The third-order valence-electron chi connectivity index (χ3n) is 11.4. The number of ether oxygens (including phenoxy) is 2. The van der Waals surface area contributed by atoms with Crippen LogP contribution in [0.5, 0.6) is 0 Å². The van der Waals surface area contributed by atoms with Crippen LogP contribution >= 0.6 is 0 Å². The minimum absolute atomic E-state index is 0.0248. The molecule has 0 aromatic heterocycles. The van der Waals surface area contributed by atoms with Crippen molar-refractivity contribution >= 4 is 11.8 Å². The lowest BCUT2D eigenvalue weighted by atomic mass is 9.37. The van der Waals surface area contributed by atoms with Crippen LogP contribution in [0.2, 0.25) is 0 Å². The van der Waals surface area contributed by atoms with Gasteiger partial charge < -0.3 is 15.2 Å². The van der Waals surface area contributed by atoms with Gasteiger partial charge in [0, 0.05) is 53.4 Å². The Morgan fingerprint density at radius 3 is 2.59 bits per heavy atom. The highest BCUT2D eigenvalue weighted by Crippen LogP contribution is 2.79. The summed E-state index contributed by atoms with van der Waals surface area (Å²) < 4.78 is 12.9. The summed E-state index contributed by atoms with van der Waals surface area (Å²) in [5.41, 5.74) is 5.74. The van der Waals surface area contributed by atoms with E-state index in [2.05, 4.69) is 19.9 Å². The molecule has 5 aliphatic carbocycles. The molecule has 4 saturated carbocycles. The van der Waals surface area contributed by atoms with Crippen LogP contribution in [0.25, 0.3) is 0 Å². The number of allylic oxidation sites excluding steroid dienone is 2. The molecule has 0 radical (unpaired) electrons. The lowest BCUT2D eigenvalue weighted by Gasteiger charge is -2.68. The highest BCUT2D eigenvalue weighted by molar-refractivity contribution is 6.00. The van der Waals surface area contributed by atoms with Gasteiger partial charge >= 0.3 is 5.97 Å². The summed E-state index contributed by atoms with van der Waals surface area (Å²) in [7, 11) is 0. The smallest absolute Gasteiger partial charge is 0.306 e. The first-order valence-electron chi connectivity index (χ1n) is 12.5. The summed E-state index contributed by atoms with van der Waals surface area (Å²) in [6.45, 7) is 7.15. The normalized spacial score (nSPS) is 53.2. The maximum Gasteiger partial charge on any atom is 0.306 e. The van der Waals surface area contributed by atoms with Crippen molar-refractivity contribution in [3.05, 3.63) is 11.3 Å². The van der Waals surface area contributed by atoms with Crippen LogP contribution in [0.1, 0.15) is 78.6 Å². The highest BCUT2D eigenvalue weighted by atomic mass is 16.6. The van der Waals surface area contributed by atoms with Gasteiger partial charge in [-0.3, -0.25) is 9.59 Å². The topological polar surface area (TPSA) is 102 Å². The Hall–Kier alpha value is -1.87. The summed E-state index contributed by atoms with van der Waals surface area (Å²) in [6.07, 6.45) is 6.64. The maximum absolute atomic E-state index is 13.1. The van der Waals surface area contributed by atoms with Crippen LogP contribution in [0, 0.1) is 45.3 Å². The summed E-state index contributed by atoms with van der Waals surface area (Å²) in [6, 6.07) is 2.64. The van der Waals surface area contributed by atoms with E-state index in [1.54, 1.807) is 0 Å². The number of carbonyl (C=O) groups is 2. The molecule has 6 nitrogen and oxygen atoms in total. The Labute approximate surface area is 189 Å². The first-order chi connectivity index (χ1) is 15.2. The lowest BCUT2D eigenvalue weighted by Crippen LogP contribution is -2.71. The second-order valence-electron chi connectivity index (χ2n) is 11.8. The predicted molar refractivity (Wildman–Crippen MR) is 116 cm³/mol. The fraction of sp³-hybridized carbons (Fsp3) is 0.808. The number of ketones is 1. The molecule has 6 aliphatic rings. The average Bonchev–Trinajstić information content (AvgIpc) is 3.38. The van der Waals surface area contributed by atoms with Crippen molar-refractivity contribution in [2.24, 2.45) is 39.7 Å². The van der Waals surface area contributed by atoms with Crippen LogP contribution in [-0.4, -0.2) is 29.6 Å². The number of carbonyl (C=O) groups excluding carboxylic acids is 2. The minimum Gasteiger partial charge on any atom is -0.458 e. The average molecular weight is 439 g/mol. The van der Waals surface area contributed by atoms with Gasteiger partial charge in [0.05, 0.1) is 17.1 Å². The van der Waals surface area contributed by atoms with E-state index in [1.807, 2.05) is 6.92 Å². The fourth-order valence-corrected chi connectivity index (χ4v) is 9.99. The molecule has 4 unspecified atom stereocenters. The Kier molecular flexibility index (Phi) is 3.87. The van der Waals surface area contributed by atoms with Gasteiger partial charge in [-0.15, -0.1) is 0 Å². The monoisotopic (exact) mass is 438 g/mol. The molecule has 172 valence electrons. The quantitative estimate of drug-likeness (QED) is 0.658. The first-order valence-corrected chi connectivity index (χ1v) is 12.5. The van der Waals surface area contributed by atoms with Crippen molar-refractivity contribution in [3.63, 3.8) is 0 Å². The van der Waals surface area contributed by atoms with E-state index in [-0.39, 0.29) is 34.6 Å². The van der Waals surface area contributed by atoms with E-state index in [9.17, 15) is 14.9 Å². The van der Waals surface area contributed by atoms with Gasteiger partial charge in [0.1, 0.15) is 5.60 Å². The van der Waals surface area contributed by atoms with Gasteiger partial charge in [0.2, 0.25) is 0 Å². The zero-order valence-corrected chi connectivity index (χ0v) is 19.5. The van der Waals surface area contributed by atoms with Gasteiger partial charge in [0.25, 0.3) is 0 Å². The fourth-order valence-electron chi connectivity index (χ4n) is 9.99. The molecule has 2 bridgehead atoms. The molecular formula is C26H34N2O4. The third kappa shape index (κ3) is 1.87. The first kappa shape index (κ1) is 20.7. The maximum atomic E-state index is 13.1. The van der Waals surface area contributed by atoms with Crippen molar-refractivity contribution in [3.8, 4) is 6.07 Å². The number of fused-ring (bicyclic) bond motifs is 7. The SMILES string of the molecule is CCO[C@]12CCC3(C)C(CC[C@@]34CCC(=O)O4)C1[C@H]1C[C@]3(C#N)C(=C1N)C(=O)CCC32C. The second-order valence-corrected chi connectivity index (χ2v) is 11.8. The molecule has 1 aliphatic heterocycles. The number of hydrogen-bond donors (Lipinski definition) is 1. The molecule has 2 N–H and O–H groups in total. The van der Waals surface area contributed by atoms with Crippen molar-refractivity contribution in [1.82, 2.24) is 0 Å². The Bertz CT molecular complexity index is 1010. The van der Waals surface area contributed by atoms with E-state index in [0.29, 0.717) is 49.5 Å². The van der Waals surface area contributed by atoms with Gasteiger partial charge in [-0.25, -0.2) is 0 Å². The van der Waals surface area contributed by atoms with Crippen LogP contribution in [0.3, 0.4) is 0 Å². The van der Waals surface area contributed by atoms with Crippen LogP contribution < -0.4 is 5.73 Å². The van der Waals surface area contributed by atoms with E-state index in [0.717, 1.165) is 32.1 Å². The number of nitriles is 1. The second kappa shape index (κ2) is 5.97. The molecule has 32 heavy (non-hydrogen) atoms. The zero-order valence-electron chi connectivity index (χ0n) is 19.5. The van der Waals surface area contributed by atoms with Crippen LogP contribution in [0.4, 0.5) is 0 Å². The van der Waals surface area contributed by atoms with Crippen LogP contribution in [-0.2, 0) is 19.1 Å². The summed E-state index contributed by atoms with van der Waals surface area (Å²) >= 11 is 0. The summed E-state index contributed by atoms with van der Waals surface area (Å²) in [5.74, 6) is 0.389. The molecule has 6 heteroatoms. The van der Waals surface area contributed by atoms with Crippen molar-refractivity contribution < 1.29 is 19.1 Å². The number of nitrogens with two attached hydrogens (primary N) is 1. The molecule has 1 saturated heterocycles. The molecule has 5 fully saturated rings. The summed E-state index contributed by atoms with van der Waals surface area (Å²) in [5, 5.41) is 10.6. The van der Waals surface area contributed by atoms with Gasteiger partial charge in [-0.05, 0) is 57.8 Å². The van der Waals surface area contributed by atoms with E-state index < -0.39 is 16.4 Å². The van der Waals surface area contributed by atoms with Crippen molar-refractivity contribution in [2.45, 2.75) is 89.8 Å². The molecule has 1 spiro atoms. The molecule has 0 aromatic rings. The van der Waals surface area contributed by atoms with Gasteiger partial charge in [0.15, 0.2) is 5.78 Å². The number of esters is 1. The lowest BCUT2D eigenvalue weighted by molar-refractivity contribution is -0.275. The Balaban J connectivity index is 1.57. The van der Waals surface area contributed by atoms with Crippen LogP contribution in [0.15, 0.2) is 11.3 Å². The standard InChI is InChI=1S/C26H34N2O4/c1-4-31-26-12-11-22(2)16(5-9-25(22)10-7-18(30)32-25)19(26)15-13-24(14-27)20(21(15)28)17(29)6-8-23(24,26)3/h15-16,19H,4-13,28H2,1-3H3/t15-,16?,19?,22?,23?,24+,25-,26-/m1/s1. The van der Waals surface area contributed by atoms with E-state index in [4.69, 9.17) is 15.2 Å². The van der Waals surface area contributed by atoms with Crippen molar-refractivity contribution in [1.29, 1.82) is 5.26 Å². The molecular weight excluding hydrogens is 404 g/mol. The number of rotatable bonds is 2. The Morgan fingerprint density at radius 2 is 1.94 bits per heavy atom. The molecule has 0 amide bonds. The number of hydrogen-bond acceptors (Lipinski definition) is 6. The molecule has 6 rings (SSSR count). The molecule has 1 heterocycles. The van der Waals surface area contributed by atoms with E-state index in [1.165, 1.54) is 0 Å². The number of Topliss-reactive ketones (excluding diaryl/α,β-unsaturated/α-hetero) is 1. The molecule has 0 aromatic carbocycles. The number of nitrogens with zero attached hydrogens (tertiary/aromatic N) is 1. The van der Waals surface area contributed by atoms with Gasteiger partial charge in [-0.1, -0.05) is 13.8 Å². The van der Waals surface area contributed by atoms with Crippen molar-refractivity contribution in [2.75, 3.05) is 6.61 Å². The predicted octanol–water partition coefficient (Wildman–Crippen LogP) is 3.79. The highest BCUT2D eigenvalue weighted by Gasteiger charge is 2.80. The van der Waals surface area contributed by atoms with E-state index >= 15 is 0 Å². The van der Waals surface area contributed by atoms with Gasteiger partial charge in [-0.2, -0.15) is 5.26 Å². The summed E-state index contributed by atoms with van der Waals surface area (Å²) in [4.78, 5) is 25.3.